The number of ether oxygens (including phenoxy) is 1. The van der Waals surface area contributed by atoms with Gasteiger partial charge in [0, 0.05) is 50.0 Å². The number of carbonyl (C=O) groups is 2. The molecule has 0 aromatic heterocycles. The number of hydrogen-bond donors (Lipinski definition) is 2. The van der Waals surface area contributed by atoms with Crippen molar-refractivity contribution in [2.45, 2.75) is 58.9 Å². The first-order valence-electron chi connectivity index (χ1n) is 14.4. The molecule has 2 aliphatic rings. The number of carbonyl (C=O) groups excluding carboxylic acids is 2. The summed E-state index contributed by atoms with van der Waals surface area (Å²) < 4.78 is 5.43. The Balaban J connectivity index is 1.47. The number of nitrogens with zero attached hydrogens (tertiary/aromatic N) is 2. The number of benzene rings is 2. The van der Waals surface area contributed by atoms with Gasteiger partial charge in [-0.3, -0.25) is 14.5 Å². The monoisotopic (exact) mass is 520 g/mol. The second kappa shape index (κ2) is 14.3. The number of fused-ring (bicyclic) bond motifs is 1. The van der Waals surface area contributed by atoms with Crippen LogP contribution in [0.25, 0.3) is 0 Å². The van der Waals surface area contributed by atoms with Crippen molar-refractivity contribution >= 4 is 23.2 Å². The van der Waals surface area contributed by atoms with Gasteiger partial charge >= 0.3 is 0 Å². The fraction of sp³-hybridized carbons (Fsp3) is 0.548. The van der Waals surface area contributed by atoms with Gasteiger partial charge < -0.3 is 20.3 Å². The van der Waals surface area contributed by atoms with Crippen LogP contribution in [0, 0.1) is 5.92 Å². The van der Waals surface area contributed by atoms with E-state index >= 15 is 0 Å². The van der Waals surface area contributed by atoms with E-state index in [1.165, 1.54) is 11.1 Å². The van der Waals surface area contributed by atoms with Gasteiger partial charge in [-0.05, 0) is 61.6 Å². The molecule has 2 aromatic carbocycles. The first-order chi connectivity index (χ1) is 18.6. The Kier molecular flexibility index (Phi) is 10.6. The first kappa shape index (κ1) is 28.1. The van der Waals surface area contributed by atoms with Crippen molar-refractivity contribution in [2.75, 3.05) is 56.2 Å². The van der Waals surface area contributed by atoms with E-state index in [4.69, 9.17) is 4.74 Å². The predicted octanol–water partition coefficient (Wildman–Crippen LogP) is 4.86. The third-order valence-corrected chi connectivity index (χ3v) is 7.79. The summed E-state index contributed by atoms with van der Waals surface area (Å²) in [6.07, 6.45) is 5.66. The molecule has 1 fully saturated rings. The second-order valence-electron chi connectivity index (χ2n) is 10.5. The highest BCUT2D eigenvalue weighted by Gasteiger charge is 2.23. The Hall–Kier alpha value is -2.90. The molecule has 1 atom stereocenters. The summed E-state index contributed by atoms with van der Waals surface area (Å²) in [5.41, 5.74) is 4.90. The molecule has 2 amide bonds. The summed E-state index contributed by atoms with van der Waals surface area (Å²) in [5.74, 6) is -0.0573. The van der Waals surface area contributed by atoms with Crippen LogP contribution in [0.1, 0.15) is 67.4 Å². The third kappa shape index (κ3) is 7.58. The average Bonchev–Trinajstić information content (AvgIpc) is 2.96. The Morgan fingerprint density at radius 2 is 1.79 bits per heavy atom. The van der Waals surface area contributed by atoms with E-state index in [9.17, 15) is 9.59 Å². The molecule has 1 saturated heterocycles. The molecule has 4 rings (SSSR count). The highest BCUT2D eigenvalue weighted by molar-refractivity contribution is 6.02. The number of morpholine rings is 1. The van der Waals surface area contributed by atoms with E-state index in [1.54, 1.807) is 0 Å². The zero-order chi connectivity index (χ0) is 26.7. The average molecular weight is 521 g/mol. The third-order valence-electron chi connectivity index (χ3n) is 7.79. The zero-order valence-corrected chi connectivity index (χ0v) is 23.1. The van der Waals surface area contributed by atoms with Crippen molar-refractivity contribution in [3.8, 4) is 0 Å². The van der Waals surface area contributed by atoms with Crippen molar-refractivity contribution in [3.63, 3.8) is 0 Å². The number of anilines is 2. The van der Waals surface area contributed by atoms with Crippen LogP contribution >= 0.6 is 0 Å². The lowest BCUT2D eigenvalue weighted by Crippen LogP contribution is -2.38. The maximum absolute atomic E-state index is 13.5. The largest absolute Gasteiger partial charge is 0.379 e. The van der Waals surface area contributed by atoms with Crippen molar-refractivity contribution in [1.82, 2.24) is 10.2 Å². The molecule has 0 spiro atoms. The Labute approximate surface area is 227 Å². The smallest absolute Gasteiger partial charge is 0.253 e. The summed E-state index contributed by atoms with van der Waals surface area (Å²) in [5, 5.41) is 6.24. The number of amides is 2. The summed E-state index contributed by atoms with van der Waals surface area (Å²) in [6.45, 7) is 10.9. The van der Waals surface area contributed by atoms with Gasteiger partial charge in [0.1, 0.15) is 0 Å². The van der Waals surface area contributed by atoms with Crippen LogP contribution in [0.4, 0.5) is 11.4 Å². The SMILES string of the molecule is CCCCC(CC)C(=O)Nc1ccc(N2CCc3ccccc3C2)c(C(=O)NCCCN2CCOCC2)c1. The maximum atomic E-state index is 13.5. The Morgan fingerprint density at radius 3 is 2.55 bits per heavy atom. The summed E-state index contributed by atoms with van der Waals surface area (Å²) in [7, 11) is 0. The highest BCUT2D eigenvalue weighted by atomic mass is 16.5. The molecule has 0 saturated carbocycles. The lowest BCUT2D eigenvalue weighted by atomic mass is 9.97. The number of unbranched alkanes of at least 4 members (excludes halogenated alkanes) is 1. The molecule has 1 unspecified atom stereocenters. The molecular weight excluding hydrogens is 476 g/mol. The van der Waals surface area contributed by atoms with Gasteiger partial charge in [0.2, 0.25) is 5.91 Å². The van der Waals surface area contributed by atoms with Crippen LogP contribution in [-0.2, 0) is 22.5 Å². The lowest BCUT2D eigenvalue weighted by Gasteiger charge is -2.32. The molecule has 0 radical (unpaired) electrons. The fourth-order valence-electron chi connectivity index (χ4n) is 5.41. The van der Waals surface area contributed by atoms with Crippen LogP contribution < -0.4 is 15.5 Å². The second-order valence-corrected chi connectivity index (χ2v) is 10.5. The van der Waals surface area contributed by atoms with Crippen molar-refractivity contribution in [2.24, 2.45) is 5.92 Å². The topological polar surface area (TPSA) is 73.9 Å². The van der Waals surface area contributed by atoms with E-state index < -0.39 is 0 Å². The standard InChI is InChI=1S/C31H44N4O3/c1-3-5-9-24(4-2)30(36)33-27-12-13-29(35-17-14-25-10-6-7-11-26(25)23-35)28(22-27)31(37)32-15-8-16-34-18-20-38-21-19-34/h6-7,10-13,22,24H,3-5,8-9,14-21,23H2,1-2H3,(H,32,37)(H,33,36). The molecule has 2 N–H and O–H groups in total. The van der Waals surface area contributed by atoms with E-state index in [1.807, 2.05) is 18.2 Å². The van der Waals surface area contributed by atoms with Gasteiger partial charge in [0.25, 0.3) is 5.91 Å². The predicted molar refractivity (Wildman–Crippen MR) is 154 cm³/mol. The van der Waals surface area contributed by atoms with Crippen molar-refractivity contribution < 1.29 is 14.3 Å². The highest BCUT2D eigenvalue weighted by Crippen LogP contribution is 2.30. The minimum atomic E-state index is -0.0880. The van der Waals surface area contributed by atoms with E-state index in [2.05, 4.69) is 58.5 Å². The molecule has 0 bridgehead atoms. The zero-order valence-electron chi connectivity index (χ0n) is 23.1. The molecule has 206 valence electrons. The fourth-order valence-corrected chi connectivity index (χ4v) is 5.41. The van der Waals surface area contributed by atoms with Crippen LogP contribution in [0.15, 0.2) is 42.5 Å². The van der Waals surface area contributed by atoms with Gasteiger partial charge in [-0.25, -0.2) is 0 Å². The van der Waals surface area contributed by atoms with E-state index in [0.717, 1.165) is 90.1 Å². The van der Waals surface area contributed by atoms with Crippen molar-refractivity contribution in [3.05, 3.63) is 59.2 Å². The van der Waals surface area contributed by atoms with Crippen LogP contribution in [0.3, 0.4) is 0 Å². The van der Waals surface area contributed by atoms with Crippen LogP contribution in [0.2, 0.25) is 0 Å². The number of rotatable bonds is 12. The minimum Gasteiger partial charge on any atom is -0.379 e. The van der Waals surface area contributed by atoms with Crippen LogP contribution in [-0.4, -0.2) is 62.7 Å². The van der Waals surface area contributed by atoms with E-state index in [-0.39, 0.29) is 17.7 Å². The van der Waals surface area contributed by atoms with Crippen LogP contribution in [0.5, 0.6) is 0 Å². The van der Waals surface area contributed by atoms with Gasteiger partial charge in [0.05, 0.1) is 18.8 Å². The number of hydrogen-bond acceptors (Lipinski definition) is 5. The molecule has 38 heavy (non-hydrogen) atoms. The minimum absolute atomic E-state index is 0.00862. The quantitative estimate of drug-likeness (QED) is 0.391. The van der Waals surface area contributed by atoms with Gasteiger partial charge in [-0.2, -0.15) is 0 Å². The summed E-state index contributed by atoms with van der Waals surface area (Å²) >= 11 is 0. The Bertz CT molecular complexity index is 1070. The molecule has 7 nitrogen and oxygen atoms in total. The molecule has 2 aliphatic heterocycles. The maximum Gasteiger partial charge on any atom is 0.253 e. The van der Waals surface area contributed by atoms with Gasteiger partial charge in [0.15, 0.2) is 0 Å². The lowest BCUT2D eigenvalue weighted by molar-refractivity contribution is -0.120. The molecular formula is C31H44N4O3. The molecule has 0 aliphatic carbocycles. The number of nitrogens with one attached hydrogen (secondary N) is 2. The molecule has 2 heterocycles. The summed E-state index contributed by atoms with van der Waals surface area (Å²) in [4.78, 5) is 31.1. The van der Waals surface area contributed by atoms with Gasteiger partial charge in [-0.1, -0.05) is 51.0 Å². The molecule has 7 heteroatoms. The normalized spacial score (nSPS) is 16.5. The Morgan fingerprint density at radius 1 is 1.00 bits per heavy atom. The summed E-state index contributed by atoms with van der Waals surface area (Å²) in [6, 6.07) is 14.3. The molecule has 2 aromatic rings. The van der Waals surface area contributed by atoms with Gasteiger partial charge in [-0.15, -0.1) is 0 Å². The van der Waals surface area contributed by atoms with Crippen molar-refractivity contribution in [1.29, 1.82) is 0 Å². The van der Waals surface area contributed by atoms with E-state index in [0.29, 0.717) is 17.8 Å². The first-order valence-corrected chi connectivity index (χ1v) is 14.4.